The SMILES string of the molecule is CC(C)CN1CCC(P)(C(=O)Nc2cc3cc(-c4cn[nH]c4)ccc3cn2)CC1. The molecule has 4 rings (SSSR count). The number of nitrogens with one attached hydrogen (secondary N) is 2. The van der Waals surface area contributed by atoms with Gasteiger partial charge in [0.05, 0.1) is 11.4 Å². The Morgan fingerprint density at radius 3 is 2.69 bits per heavy atom. The molecule has 6 nitrogen and oxygen atoms in total. The summed E-state index contributed by atoms with van der Waals surface area (Å²) in [6.45, 7) is 7.47. The van der Waals surface area contributed by atoms with Crippen LogP contribution in [-0.2, 0) is 4.79 Å². The van der Waals surface area contributed by atoms with Gasteiger partial charge in [0.2, 0.25) is 5.91 Å². The van der Waals surface area contributed by atoms with Crippen molar-refractivity contribution in [3.05, 3.63) is 42.9 Å². The van der Waals surface area contributed by atoms with Gasteiger partial charge in [0.15, 0.2) is 0 Å². The Morgan fingerprint density at radius 1 is 1.21 bits per heavy atom. The van der Waals surface area contributed by atoms with Crippen LogP contribution in [0.4, 0.5) is 5.82 Å². The third-order valence-electron chi connectivity index (χ3n) is 5.62. The Morgan fingerprint density at radius 2 is 2.00 bits per heavy atom. The monoisotopic (exact) mass is 409 g/mol. The molecule has 1 unspecified atom stereocenters. The first-order valence-corrected chi connectivity index (χ1v) is 10.7. The molecule has 0 saturated carbocycles. The maximum absolute atomic E-state index is 13.0. The minimum absolute atomic E-state index is 0.0320. The molecule has 3 aromatic rings. The summed E-state index contributed by atoms with van der Waals surface area (Å²) in [5.41, 5.74) is 2.11. The largest absolute Gasteiger partial charge is 0.310 e. The number of benzene rings is 1. The molecule has 2 aromatic heterocycles. The van der Waals surface area contributed by atoms with Crippen molar-refractivity contribution in [3.63, 3.8) is 0 Å². The molecule has 7 heteroatoms. The molecule has 152 valence electrons. The number of rotatable bonds is 5. The zero-order chi connectivity index (χ0) is 20.4. The molecule has 1 atom stereocenters. The molecule has 1 aliphatic heterocycles. The van der Waals surface area contributed by atoms with Crippen molar-refractivity contribution >= 4 is 31.7 Å². The number of carbonyl (C=O) groups excluding carboxylic acids is 1. The van der Waals surface area contributed by atoms with E-state index in [2.05, 4.69) is 60.6 Å². The first kappa shape index (κ1) is 20.0. The summed E-state index contributed by atoms with van der Waals surface area (Å²) in [6.07, 6.45) is 7.16. The van der Waals surface area contributed by atoms with E-state index >= 15 is 0 Å². The number of aromatic amines is 1. The number of H-pyrrole nitrogens is 1. The highest BCUT2D eigenvalue weighted by molar-refractivity contribution is 7.21. The Balaban J connectivity index is 1.48. The van der Waals surface area contributed by atoms with Gasteiger partial charge in [0.25, 0.3) is 0 Å². The average Bonchev–Trinajstić information content (AvgIpc) is 3.24. The lowest BCUT2D eigenvalue weighted by molar-refractivity contribution is -0.119. The second kappa shape index (κ2) is 8.21. The molecule has 3 heterocycles. The molecule has 0 radical (unpaired) electrons. The predicted molar refractivity (Wildman–Crippen MR) is 121 cm³/mol. The molecule has 29 heavy (non-hydrogen) atoms. The van der Waals surface area contributed by atoms with E-state index in [4.69, 9.17) is 0 Å². The minimum Gasteiger partial charge on any atom is -0.310 e. The molecular formula is C22H28N5OP. The second-order valence-corrected chi connectivity index (χ2v) is 9.53. The number of aromatic nitrogens is 3. The van der Waals surface area contributed by atoms with Crippen LogP contribution in [0.1, 0.15) is 26.7 Å². The van der Waals surface area contributed by atoms with E-state index < -0.39 is 5.16 Å². The van der Waals surface area contributed by atoms with Crippen molar-refractivity contribution in [2.45, 2.75) is 31.8 Å². The molecule has 1 amide bonds. The van der Waals surface area contributed by atoms with Crippen molar-refractivity contribution in [1.29, 1.82) is 0 Å². The summed E-state index contributed by atoms with van der Waals surface area (Å²) in [5.74, 6) is 1.28. The smallest absolute Gasteiger partial charge is 0.235 e. The van der Waals surface area contributed by atoms with Crippen LogP contribution in [0.3, 0.4) is 0 Å². The van der Waals surface area contributed by atoms with Crippen LogP contribution < -0.4 is 5.32 Å². The van der Waals surface area contributed by atoms with Crippen LogP contribution in [0.2, 0.25) is 0 Å². The quantitative estimate of drug-likeness (QED) is 0.626. The zero-order valence-electron chi connectivity index (χ0n) is 17.0. The fraction of sp³-hybridized carbons (Fsp3) is 0.409. The average molecular weight is 409 g/mol. The van der Waals surface area contributed by atoms with E-state index in [0.717, 1.165) is 54.4 Å². The molecular weight excluding hydrogens is 381 g/mol. The summed E-state index contributed by atoms with van der Waals surface area (Å²) < 4.78 is 0. The van der Waals surface area contributed by atoms with Crippen LogP contribution in [0.25, 0.3) is 21.9 Å². The van der Waals surface area contributed by atoms with Crippen molar-refractivity contribution < 1.29 is 4.79 Å². The third-order valence-corrected chi connectivity index (χ3v) is 6.46. The van der Waals surface area contributed by atoms with Gasteiger partial charge in [0.1, 0.15) is 5.82 Å². The molecule has 1 fully saturated rings. The van der Waals surface area contributed by atoms with E-state index in [1.165, 1.54) is 0 Å². The molecule has 1 saturated heterocycles. The second-order valence-electron chi connectivity index (χ2n) is 8.42. The molecule has 0 spiro atoms. The summed E-state index contributed by atoms with van der Waals surface area (Å²) in [7, 11) is 2.81. The van der Waals surface area contributed by atoms with Gasteiger partial charge in [-0.1, -0.05) is 26.0 Å². The summed E-state index contributed by atoms with van der Waals surface area (Å²) in [4.78, 5) is 19.9. The Kier molecular flexibility index (Phi) is 5.66. The first-order chi connectivity index (χ1) is 13.9. The third kappa shape index (κ3) is 4.49. The summed E-state index contributed by atoms with van der Waals surface area (Å²) >= 11 is 0. The van der Waals surface area contributed by atoms with Gasteiger partial charge in [-0.15, -0.1) is 9.24 Å². The van der Waals surface area contributed by atoms with E-state index in [9.17, 15) is 4.79 Å². The van der Waals surface area contributed by atoms with E-state index in [1.807, 2.05) is 24.5 Å². The highest BCUT2D eigenvalue weighted by Gasteiger charge is 2.37. The lowest BCUT2D eigenvalue weighted by atomic mass is 9.94. The molecule has 2 N–H and O–H groups in total. The number of fused-ring (bicyclic) bond motifs is 1. The maximum atomic E-state index is 13.0. The predicted octanol–water partition coefficient (Wildman–Crippen LogP) is 3.93. The minimum atomic E-state index is -0.428. The van der Waals surface area contributed by atoms with Gasteiger partial charge in [-0.2, -0.15) is 5.10 Å². The van der Waals surface area contributed by atoms with E-state index in [-0.39, 0.29) is 5.91 Å². The fourth-order valence-corrected chi connectivity index (χ4v) is 4.25. The zero-order valence-corrected chi connectivity index (χ0v) is 18.1. The van der Waals surface area contributed by atoms with Gasteiger partial charge in [0, 0.05) is 29.9 Å². The van der Waals surface area contributed by atoms with Crippen LogP contribution in [0, 0.1) is 5.92 Å². The number of hydrogen-bond acceptors (Lipinski definition) is 4. The van der Waals surface area contributed by atoms with Gasteiger partial charge >= 0.3 is 0 Å². The van der Waals surface area contributed by atoms with Gasteiger partial charge in [-0.25, -0.2) is 4.98 Å². The Bertz CT molecular complexity index is 994. The van der Waals surface area contributed by atoms with Gasteiger partial charge in [-0.3, -0.25) is 9.89 Å². The number of piperidine rings is 1. The van der Waals surface area contributed by atoms with E-state index in [0.29, 0.717) is 11.7 Å². The molecule has 1 aliphatic rings. The Hall–Kier alpha value is -2.30. The van der Waals surface area contributed by atoms with Crippen molar-refractivity contribution in [2.24, 2.45) is 5.92 Å². The van der Waals surface area contributed by atoms with Crippen LogP contribution >= 0.6 is 9.24 Å². The number of pyridine rings is 1. The van der Waals surface area contributed by atoms with Gasteiger partial charge in [-0.05, 0) is 54.9 Å². The van der Waals surface area contributed by atoms with Crippen molar-refractivity contribution in [1.82, 2.24) is 20.1 Å². The lowest BCUT2D eigenvalue weighted by Crippen LogP contribution is -2.48. The van der Waals surface area contributed by atoms with Gasteiger partial charge < -0.3 is 10.2 Å². The number of carbonyl (C=O) groups is 1. The van der Waals surface area contributed by atoms with Crippen molar-refractivity contribution in [3.8, 4) is 11.1 Å². The van der Waals surface area contributed by atoms with Crippen LogP contribution in [0.15, 0.2) is 42.9 Å². The number of anilines is 1. The number of amides is 1. The topological polar surface area (TPSA) is 73.9 Å². The molecule has 0 bridgehead atoms. The lowest BCUT2D eigenvalue weighted by Gasteiger charge is -2.38. The molecule has 0 aliphatic carbocycles. The highest BCUT2D eigenvalue weighted by atomic mass is 31.0. The Labute approximate surface area is 173 Å². The van der Waals surface area contributed by atoms with Crippen LogP contribution in [0.5, 0.6) is 0 Å². The summed E-state index contributed by atoms with van der Waals surface area (Å²) in [6, 6.07) is 8.13. The standard InChI is InChI=1S/C22H28N5OP/c1-15(2)14-27-7-5-22(29,6-8-27)21(28)26-20-10-18-9-16(19-12-24-25-13-19)3-4-17(18)11-23-20/h3-4,9-13,15H,5-8,14,29H2,1-2H3,(H,24,25)(H,23,26,28). The fourth-order valence-electron chi connectivity index (χ4n) is 3.92. The maximum Gasteiger partial charge on any atom is 0.235 e. The number of likely N-dealkylation sites (tertiary alicyclic amines) is 1. The first-order valence-electron chi connectivity index (χ1n) is 10.1. The van der Waals surface area contributed by atoms with E-state index in [1.54, 1.807) is 6.20 Å². The normalized spacial score (nSPS) is 17.0. The number of nitrogens with zero attached hydrogens (tertiary/aromatic N) is 3. The summed E-state index contributed by atoms with van der Waals surface area (Å²) in [5, 5.41) is 11.6. The molecule has 1 aromatic carbocycles. The van der Waals surface area contributed by atoms with Crippen LogP contribution in [-0.4, -0.2) is 50.8 Å². The highest BCUT2D eigenvalue weighted by Crippen LogP contribution is 2.33. The number of hydrogen-bond donors (Lipinski definition) is 2. The van der Waals surface area contributed by atoms with Crippen molar-refractivity contribution in [2.75, 3.05) is 25.0 Å².